The van der Waals surface area contributed by atoms with Crippen molar-refractivity contribution in [3.63, 3.8) is 0 Å². The van der Waals surface area contributed by atoms with Crippen molar-refractivity contribution in [1.82, 2.24) is 9.80 Å². The van der Waals surface area contributed by atoms with Crippen molar-refractivity contribution in [3.8, 4) is 0 Å². The molecular formula is C21H32N2O3. The van der Waals surface area contributed by atoms with Crippen LogP contribution in [0.2, 0.25) is 0 Å². The quantitative estimate of drug-likeness (QED) is 0.731. The number of carbonyl (C=O) groups is 1. The first-order chi connectivity index (χ1) is 12.6. The topological polar surface area (TPSA) is 42.0 Å². The van der Waals surface area contributed by atoms with Crippen LogP contribution in [0.1, 0.15) is 30.7 Å². The van der Waals surface area contributed by atoms with Gasteiger partial charge in [0.1, 0.15) is 6.61 Å². The maximum Gasteiger partial charge on any atom is 0.248 e. The molecule has 2 heterocycles. The molecule has 3 rings (SSSR count). The molecule has 26 heavy (non-hydrogen) atoms. The van der Waals surface area contributed by atoms with Crippen LogP contribution in [0, 0.1) is 5.41 Å². The fourth-order valence-electron chi connectivity index (χ4n) is 4.60. The first-order valence-corrected chi connectivity index (χ1v) is 9.70. The molecule has 1 atom stereocenters. The van der Waals surface area contributed by atoms with Crippen LogP contribution in [0.25, 0.3) is 0 Å². The zero-order valence-electron chi connectivity index (χ0n) is 16.2. The first kappa shape index (κ1) is 19.3. The van der Waals surface area contributed by atoms with Gasteiger partial charge in [-0.25, -0.2) is 0 Å². The minimum atomic E-state index is 0.111. The van der Waals surface area contributed by atoms with Crippen LogP contribution < -0.4 is 0 Å². The van der Waals surface area contributed by atoms with Crippen LogP contribution >= 0.6 is 0 Å². The second-order valence-corrected chi connectivity index (χ2v) is 7.93. The van der Waals surface area contributed by atoms with Crippen LogP contribution in [0.15, 0.2) is 30.3 Å². The van der Waals surface area contributed by atoms with Gasteiger partial charge in [0, 0.05) is 33.3 Å². The highest BCUT2D eigenvalue weighted by Crippen LogP contribution is 2.44. The normalized spacial score (nSPS) is 23.3. The number of likely N-dealkylation sites (N-methyl/N-ethyl adjacent to an activating group) is 1. The lowest BCUT2D eigenvalue weighted by atomic mass is 9.68. The SMILES string of the molecule is COCCOCC(=O)N1CCC2(CC1)CC(c1ccccc1)CN(C)C2. The lowest BCUT2D eigenvalue weighted by Gasteiger charge is -2.49. The number of methoxy groups -OCH3 is 1. The molecule has 1 spiro atoms. The number of carbonyl (C=O) groups excluding carboxylic acids is 1. The van der Waals surface area contributed by atoms with Crippen molar-refractivity contribution < 1.29 is 14.3 Å². The number of hydrogen-bond donors (Lipinski definition) is 0. The average molecular weight is 360 g/mol. The second-order valence-electron chi connectivity index (χ2n) is 7.93. The summed E-state index contributed by atoms with van der Waals surface area (Å²) in [5.41, 5.74) is 1.78. The molecule has 0 aromatic heterocycles. The van der Waals surface area contributed by atoms with Gasteiger partial charge in [0.25, 0.3) is 0 Å². The lowest BCUT2D eigenvalue weighted by Crippen LogP contribution is -2.52. The monoisotopic (exact) mass is 360 g/mol. The third-order valence-corrected chi connectivity index (χ3v) is 5.92. The van der Waals surface area contributed by atoms with E-state index in [1.165, 1.54) is 12.0 Å². The Hall–Kier alpha value is -1.43. The number of amides is 1. The Labute approximate surface area is 157 Å². The highest BCUT2D eigenvalue weighted by atomic mass is 16.5. The van der Waals surface area contributed by atoms with E-state index >= 15 is 0 Å². The third-order valence-electron chi connectivity index (χ3n) is 5.92. The van der Waals surface area contributed by atoms with Crippen molar-refractivity contribution in [2.45, 2.75) is 25.2 Å². The van der Waals surface area contributed by atoms with Crippen LogP contribution in [0.5, 0.6) is 0 Å². The zero-order chi connectivity index (χ0) is 18.4. The van der Waals surface area contributed by atoms with Gasteiger partial charge < -0.3 is 19.3 Å². The summed E-state index contributed by atoms with van der Waals surface area (Å²) in [6, 6.07) is 10.9. The summed E-state index contributed by atoms with van der Waals surface area (Å²) in [4.78, 5) is 16.8. The number of likely N-dealkylation sites (tertiary alicyclic amines) is 2. The number of benzene rings is 1. The van der Waals surface area contributed by atoms with E-state index in [4.69, 9.17) is 9.47 Å². The van der Waals surface area contributed by atoms with Gasteiger partial charge in [-0.05, 0) is 43.2 Å². The molecule has 0 saturated carbocycles. The summed E-state index contributed by atoms with van der Waals surface area (Å²) < 4.78 is 10.3. The molecule has 1 aromatic rings. The van der Waals surface area contributed by atoms with Crippen LogP contribution in [0.3, 0.4) is 0 Å². The van der Waals surface area contributed by atoms with Gasteiger partial charge in [-0.15, -0.1) is 0 Å². The number of nitrogens with zero attached hydrogens (tertiary/aromatic N) is 2. The number of rotatable bonds is 6. The van der Waals surface area contributed by atoms with E-state index in [9.17, 15) is 4.79 Å². The zero-order valence-corrected chi connectivity index (χ0v) is 16.2. The van der Waals surface area contributed by atoms with Gasteiger partial charge in [-0.3, -0.25) is 4.79 Å². The van der Waals surface area contributed by atoms with Gasteiger partial charge >= 0.3 is 0 Å². The van der Waals surface area contributed by atoms with E-state index in [0.717, 1.165) is 39.0 Å². The average Bonchev–Trinajstić information content (AvgIpc) is 2.66. The summed E-state index contributed by atoms with van der Waals surface area (Å²) in [6.45, 7) is 5.14. The lowest BCUT2D eigenvalue weighted by molar-refractivity contribution is -0.139. The predicted molar refractivity (Wildman–Crippen MR) is 102 cm³/mol. The fourth-order valence-corrected chi connectivity index (χ4v) is 4.60. The summed E-state index contributed by atoms with van der Waals surface area (Å²) in [5.74, 6) is 0.703. The molecule has 1 unspecified atom stereocenters. The van der Waals surface area contributed by atoms with Crippen molar-refractivity contribution in [2.75, 3.05) is 60.2 Å². The van der Waals surface area contributed by atoms with Crippen molar-refractivity contribution >= 4 is 5.91 Å². The largest absolute Gasteiger partial charge is 0.382 e. The molecule has 144 valence electrons. The van der Waals surface area contributed by atoms with Crippen LogP contribution in [-0.2, 0) is 14.3 Å². The van der Waals surface area contributed by atoms with E-state index < -0.39 is 0 Å². The van der Waals surface area contributed by atoms with Gasteiger partial charge in [-0.1, -0.05) is 30.3 Å². The van der Waals surface area contributed by atoms with Crippen LogP contribution in [0.4, 0.5) is 0 Å². The Morgan fingerprint density at radius 2 is 1.92 bits per heavy atom. The number of ether oxygens (including phenoxy) is 2. The highest BCUT2D eigenvalue weighted by molar-refractivity contribution is 5.77. The van der Waals surface area contributed by atoms with E-state index in [-0.39, 0.29) is 12.5 Å². The Kier molecular flexibility index (Phi) is 6.68. The molecule has 2 aliphatic rings. The third kappa shape index (κ3) is 4.84. The van der Waals surface area contributed by atoms with E-state index in [0.29, 0.717) is 24.5 Å². The predicted octanol–water partition coefficient (Wildman–Crippen LogP) is 2.38. The molecule has 2 fully saturated rings. The molecule has 0 N–H and O–H groups in total. The molecule has 0 aliphatic carbocycles. The molecule has 0 radical (unpaired) electrons. The Morgan fingerprint density at radius 1 is 1.19 bits per heavy atom. The molecule has 2 aliphatic heterocycles. The van der Waals surface area contributed by atoms with Crippen molar-refractivity contribution in [2.24, 2.45) is 5.41 Å². The fraction of sp³-hybridized carbons (Fsp3) is 0.667. The standard InChI is InChI=1S/C21H32N2O3/c1-22-15-19(18-6-4-3-5-7-18)14-21(17-22)8-10-23(11-9-21)20(24)16-26-13-12-25-2/h3-7,19H,8-17H2,1-2H3. The molecule has 0 bridgehead atoms. The molecule has 5 heteroatoms. The summed E-state index contributed by atoms with van der Waals surface area (Å²) in [5, 5.41) is 0. The number of hydrogen-bond acceptors (Lipinski definition) is 4. The number of piperidine rings is 2. The van der Waals surface area contributed by atoms with Crippen LogP contribution in [-0.4, -0.2) is 75.9 Å². The minimum absolute atomic E-state index is 0.111. The molecular weight excluding hydrogens is 328 g/mol. The second kappa shape index (κ2) is 8.98. The van der Waals surface area contributed by atoms with Gasteiger partial charge in [0.2, 0.25) is 5.91 Å². The van der Waals surface area contributed by atoms with Gasteiger partial charge in [0.05, 0.1) is 13.2 Å². The van der Waals surface area contributed by atoms with Gasteiger partial charge in [0.15, 0.2) is 0 Å². The molecule has 1 amide bonds. The first-order valence-electron chi connectivity index (χ1n) is 9.70. The maximum absolute atomic E-state index is 12.3. The minimum Gasteiger partial charge on any atom is -0.382 e. The van der Waals surface area contributed by atoms with E-state index in [1.54, 1.807) is 7.11 Å². The maximum atomic E-state index is 12.3. The Bertz CT molecular complexity index is 570. The summed E-state index contributed by atoms with van der Waals surface area (Å²) in [7, 11) is 3.87. The van der Waals surface area contributed by atoms with Gasteiger partial charge in [-0.2, -0.15) is 0 Å². The summed E-state index contributed by atoms with van der Waals surface area (Å²) in [6.07, 6.45) is 3.41. The molecule has 5 nitrogen and oxygen atoms in total. The highest BCUT2D eigenvalue weighted by Gasteiger charge is 2.41. The van der Waals surface area contributed by atoms with Crippen molar-refractivity contribution in [3.05, 3.63) is 35.9 Å². The molecule has 1 aromatic carbocycles. The Morgan fingerprint density at radius 3 is 2.62 bits per heavy atom. The summed E-state index contributed by atoms with van der Waals surface area (Å²) >= 11 is 0. The van der Waals surface area contributed by atoms with Crippen molar-refractivity contribution in [1.29, 1.82) is 0 Å². The van der Waals surface area contributed by atoms with E-state index in [2.05, 4.69) is 42.3 Å². The van der Waals surface area contributed by atoms with E-state index in [1.807, 2.05) is 4.90 Å². The molecule has 2 saturated heterocycles. The smallest absolute Gasteiger partial charge is 0.248 e. The Balaban J connectivity index is 1.54.